The van der Waals surface area contributed by atoms with Crippen LogP contribution in [0.15, 0.2) is 50.5 Å². The zero-order chi connectivity index (χ0) is 24.6. The highest BCUT2D eigenvalue weighted by Gasteiger charge is 2.33. The van der Waals surface area contributed by atoms with Crippen LogP contribution in [0.1, 0.15) is 30.9 Å². The molecule has 7 nitrogen and oxygen atoms in total. The van der Waals surface area contributed by atoms with Crippen molar-refractivity contribution in [3.8, 4) is 5.75 Å². The lowest BCUT2D eigenvalue weighted by molar-refractivity contribution is -0.140. The summed E-state index contributed by atoms with van der Waals surface area (Å²) in [5, 5.41) is 0.756. The Kier molecular flexibility index (Phi) is 6.55. The molecule has 34 heavy (non-hydrogen) atoms. The third-order valence-corrected chi connectivity index (χ3v) is 7.93. The van der Waals surface area contributed by atoms with E-state index in [-0.39, 0.29) is 30.8 Å². The van der Waals surface area contributed by atoms with Gasteiger partial charge < -0.3 is 9.15 Å². The minimum absolute atomic E-state index is 0.0352. The van der Waals surface area contributed by atoms with E-state index in [1.54, 1.807) is 6.92 Å². The molecule has 1 aliphatic heterocycles. The van der Waals surface area contributed by atoms with Crippen molar-refractivity contribution in [1.82, 2.24) is 4.31 Å². The van der Waals surface area contributed by atoms with E-state index in [4.69, 9.17) is 9.15 Å². The maximum Gasteiger partial charge on any atom is 0.336 e. The molecule has 180 valence electrons. The van der Waals surface area contributed by atoms with Crippen LogP contribution in [0, 0.1) is 24.5 Å². The molecule has 10 heteroatoms. The molecule has 3 aromatic rings. The first-order valence-electron chi connectivity index (χ1n) is 10.8. The van der Waals surface area contributed by atoms with Crippen LogP contribution in [-0.2, 0) is 21.2 Å². The number of nitrogens with zero attached hydrogens (tertiary/aromatic N) is 1. The van der Waals surface area contributed by atoms with Gasteiger partial charge in [-0.1, -0.05) is 6.92 Å². The van der Waals surface area contributed by atoms with Crippen LogP contribution in [0.4, 0.5) is 8.78 Å². The molecular formula is C24H23F2NO6S. The van der Waals surface area contributed by atoms with Crippen LogP contribution in [0.25, 0.3) is 11.0 Å². The normalized spacial score (nSPS) is 15.5. The number of hydrogen-bond acceptors (Lipinski definition) is 6. The summed E-state index contributed by atoms with van der Waals surface area (Å²) in [6.45, 7) is 3.78. The maximum absolute atomic E-state index is 13.5. The molecule has 1 aromatic heterocycles. The molecule has 0 amide bonds. The van der Waals surface area contributed by atoms with Crippen molar-refractivity contribution in [2.24, 2.45) is 5.92 Å². The lowest BCUT2D eigenvalue weighted by Crippen LogP contribution is -2.41. The highest BCUT2D eigenvalue weighted by Crippen LogP contribution is 2.30. The molecule has 0 saturated carbocycles. The van der Waals surface area contributed by atoms with E-state index < -0.39 is 39.2 Å². The first kappa shape index (κ1) is 24.0. The molecule has 2 heterocycles. The fourth-order valence-electron chi connectivity index (χ4n) is 4.07. The molecule has 4 rings (SSSR count). The van der Waals surface area contributed by atoms with E-state index in [2.05, 4.69) is 0 Å². The van der Waals surface area contributed by atoms with Crippen molar-refractivity contribution in [3.63, 3.8) is 0 Å². The van der Waals surface area contributed by atoms with Gasteiger partial charge in [0.25, 0.3) is 0 Å². The van der Waals surface area contributed by atoms with Crippen LogP contribution in [0.2, 0.25) is 0 Å². The molecule has 2 aromatic carbocycles. The molecule has 0 bridgehead atoms. The van der Waals surface area contributed by atoms with Gasteiger partial charge in [-0.3, -0.25) is 4.79 Å². The van der Waals surface area contributed by atoms with Gasteiger partial charge in [0.05, 0.1) is 10.8 Å². The zero-order valence-electron chi connectivity index (χ0n) is 18.6. The van der Waals surface area contributed by atoms with E-state index in [1.807, 2.05) is 13.0 Å². The fourth-order valence-corrected chi connectivity index (χ4v) is 5.55. The molecule has 0 atom stereocenters. The smallest absolute Gasteiger partial charge is 0.336 e. The van der Waals surface area contributed by atoms with Gasteiger partial charge in [-0.05, 0) is 61.6 Å². The third kappa shape index (κ3) is 4.60. The van der Waals surface area contributed by atoms with Crippen molar-refractivity contribution >= 4 is 27.0 Å². The topological polar surface area (TPSA) is 93.9 Å². The molecule has 0 unspecified atom stereocenters. The second-order valence-electron chi connectivity index (χ2n) is 8.23. The summed E-state index contributed by atoms with van der Waals surface area (Å²) in [6.07, 6.45) is 1.01. The lowest BCUT2D eigenvalue weighted by Gasteiger charge is -2.30. The standard InChI is InChI=1S/C24H23F2NO6S/c1-3-15-11-18-14(2)10-23(28)32-22(18)13-21(15)33-24(29)16-6-8-27(9-7-16)34(30,31)17-4-5-19(25)20(26)12-17/h4-5,10-13,16H,3,6-9H2,1-2H3. The average Bonchev–Trinajstić information content (AvgIpc) is 2.80. The van der Waals surface area contributed by atoms with Crippen LogP contribution in [0.3, 0.4) is 0 Å². The largest absolute Gasteiger partial charge is 0.426 e. The number of carbonyl (C=O) groups excluding carboxylic acids is 1. The van der Waals surface area contributed by atoms with Gasteiger partial charge in [0.2, 0.25) is 10.0 Å². The fraction of sp³-hybridized carbons (Fsp3) is 0.333. The van der Waals surface area contributed by atoms with Crippen molar-refractivity contribution < 1.29 is 31.1 Å². The van der Waals surface area contributed by atoms with E-state index >= 15 is 0 Å². The zero-order valence-corrected chi connectivity index (χ0v) is 19.5. The summed E-state index contributed by atoms with van der Waals surface area (Å²) in [4.78, 5) is 24.2. The predicted octanol–water partition coefficient (Wildman–Crippen LogP) is 3.95. The van der Waals surface area contributed by atoms with Gasteiger partial charge in [0, 0.05) is 30.6 Å². The van der Waals surface area contributed by atoms with Gasteiger partial charge >= 0.3 is 11.6 Å². The van der Waals surface area contributed by atoms with Crippen molar-refractivity contribution in [3.05, 3.63) is 69.6 Å². The number of piperidine rings is 1. The molecule has 1 aliphatic rings. The third-order valence-electron chi connectivity index (χ3n) is 6.04. The maximum atomic E-state index is 13.5. The molecule has 0 aliphatic carbocycles. The second kappa shape index (κ2) is 9.27. The van der Waals surface area contributed by atoms with E-state index in [0.717, 1.165) is 33.0 Å². The summed E-state index contributed by atoms with van der Waals surface area (Å²) in [6, 6.07) is 7.19. The van der Waals surface area contributed by atoms with Gasteiger partial charge in [-0.25, -0.2) is 22.0 Å². The molecule has 1 fully saturated rings. The summed E-state index contributed by atoms with van der Waals surface area (Å²) in [7, 11) is -4.02. The summed E-state index contributed by atoms with van der Waals surface area (Å²) >= 11 is 0. The highest BCUT2D eigenvalue weighted by atomic mass is 32.2. The van der Waals surface area contributed by atoms with Crippen molar-refractivity contribution in [1.29, 1.82) is 0 Å². The monoisotopic (exact) mass is 491 g/mol. The van der Waals surface area contributed by atoms with Gasteiger partial charge in [0.1, 0.15) is 11.3 Å². The Bertz CT molecular complexity index is 1430. The number of hydrogen-bond donors (Lipinski definition) is 0. The quantitative estimate of drug-likeness (QED) is 0.305. The minimum Gasteiger partial charge on any atom is -0.426 e. The average molecular weight is 492 g/mol. The molecular weight excluding hydrogens is 468 g/mol. The molecule has 0 radical (unpaired) electrons. The van der Waals surface area contributed by atoms with Crippen LogP contribution >= 0.6 is 0 Å². The number of aryl methyl sites for hydroxylation is 2. The van der Waals surface area contributed by atoms with Gasteiger partial charge in [0.15, 0.2) is 11.6 Å². The first-order chi connectivity index (χ1) is 16.1. The van der Waals surface area contributed by atoms with Crippen LogP contribution in [0.5, 0.6) is 5.75 Å². The van der Waals surface area contributed by atoms with E-state index in [9.17, 15) is 26.8 Å². The summed E-state index contributed by atoms with van der Waals surface area (Å²) < 4.78 is 64.2. The molecule has 0 spiro atoms. The van der Waals surface area contributed by atoms with Crippen molar-refractivity contribution in [2.75, 3.05) is 13.1 Å². The summed E-state index contributed by atoms with van der Waals surface area (Å²) in [5.41, 5.74) is 1.35. The number of halogens is 2. The second-order valence-corrected chi connectivity index (χ2v) is 10.2. The summed E-state index contributed by atoms with van der Waals surface area (Å²) in [5.74, 6) is -3.12. The van der Waals surface area contributed by atoms with Crippen LogP contribution < -0.4 is 10.4 Å². The minimum atomic E-state index is -4.02. The Labute approximate surface area is 195 Å². The molecule has 1 saturated heterocycles. The highest BCUT2D eigenvalue weighted by molar-refractivity contribution is 7.89. The van der Waals surface area contributed by atoms with Crippen molar-refractivity contribution in [2.45, 2.75) is 38.0 Å². The SMILES string of the molecule is CCc1cc2c(C)cc(=O)oc2cc1OC(=O)C1CCN(S(=O)(=O)c2ccc(F)c(F)c2)CC1. The Balaban J connectivity index is 1.48. The predicted molar refractivity (Wildman–Crippen MR) is 120 cm³/mol. The number of rotatable bonds is 5. The molecule has 0 N–H and O–H groups in total. The lowest BCUT2D eigenvalue weighted by atomic mass is 9.98. The van der Waals surface area contributed by atoms with Gasteiger partial charge in [-0.15, -0.1) is 0 Å². The van der Waals surface area contributed by atoms with Crippen LogP contribution in [-0.4, -0.2) is 31.8 Å². The first-order valence-corrected chi connectivity index (χ1v) is 12.3. The Morgan fingerprint density at radius 2 is 1.82 bits per heavy atom. The Morgan fingerprint density at radius 3 is 2.47 bits per heavy atom. The Morgan fingerprint density at radius 1 is 1.12 bits per heavy atom. The Hall–Kier alpha value is -3.11. The number of benzene rings is 2. The number of sulfonamides is 1. The van der Waals surface area contributed by atoms with E-state index in [0.29, 0.717) is 23.8 Å². The number of carbonyl (C=O) groups is 1. The van der Waals surface area contributed by atoms with E-state index in [1.165, 1.54) is 12.1 Å². The van der Waals surface area contributed by atoms with Gasteiger partial charge in [-0.2, -0.15) is 4.31 Å². The number of fused-ring (bicyclic) bond motifs is 1. The number of esters is 1. The number of ether oxygens (including phenoxy) is 1.